The molecule has 2 unspecified atom stereocenters. The van der Waals surface area contributed by atoms with Crippen molar-refractivity contribution in [3.05, 3.63) is 65.2 Å². The lowest BCUT2D eigenvalue weighted by Gasteiger charge is -2.23. The smallest absolute Gasteiger partial charge is 0.345 e. The van der Waals surface area contributed by atoms with Gasteiger partial charge >= 0.3 is 5.97 Å². The molecule has 0 aliphatic rings. The van der Waals surface area contributed by atoms with Crippen LogP contribution in [-0.2, 0) is 18.6 Å². The van der Waals surface area contributed by atoms with E-state index in [2.05, 4.69) is 0 Å². The molecule has 8 heteroatoms. The number of rotatable bonds is 10. The van der Waals surface area contributed by atoms with E-state index in [9.17, 15) is 14.5 Å². The van der Waals surface area contributed by atoms with Crippen molar-refractivity contribution in [2.45, 2.75) is 19.7 Å². The first-order valence-corrected chi connectivity index (χ1v) is 10.5. The molecule has 2 rings (SSSR count). The second-order valence-corrected chi connectivity index (χ2v) is 8.79. The van der Waals surface area contributed by atoms with Crippen LogP contribution in [0.1, 0.15) is 25.3 Å². The molecule has 28 heavy (non-hydrogen) atoms. The Kier molecular flexibility index (Phi) is 8.52. The zero-order chi connectivity index (χ0) is 20.6. The first-order chi connectivity index (χ1) is 13.3. The van der Waals surface area contributed by atoms with Crippen molar-refractivity contribution in [1.29, 1.82) is 0 Å². The van der Waals surface area contributed by atoms with Crippen LogP contribution in [0.15, 0.2) is 54.6 Å². The number of para-hydroxylation sites is 1. The van der Waals surface area contributed by atoms with Crippen LogP contribution in [0.4, 0.5) is 0 Å². The minimum atomic E-state index is -2.79. The molecule has 0 amide bonds. The minimum absolute atomic E-state index is 0.0678. The molecule has 6 nitrogen and oxygen atoms in total. The standard InChI is InChI=1S/C20H24ClO6P/c1-20(2,13-22)14-26-28(24)19(15-8-4-3-5-9-15)27-18(23)12-25-17-11-7-6-10-16(17)21/h3-11,19,22,28H,12-14H2,1-2H3. The SMILES string of the molecule is CC(C)(CO)CO[PH](=O)C(OC(=O)COc1ccccc1Cl)c1ccccc1. The molecule has 2 aromatic carbocycles. The van der Waals surface area contributed by atoms with Crippen molar-refractivity contribution in [3.8, 4) is 5.75 Å². The molecule has 2 aromatic rings. The van der Waals surface area contributed by atoms with Crippen LogP contribution < -0.4 is 4.74 Å². The molecule has 0 aliphatic heterocycles. The summed E-state index contributed by atoms with van der Waals surface area (Å²) in [5.74, 6) is -1.40. The van der Waals surface area contributed by atoms with Gasteiger partial charge < -0.3 is 19.1 Å². The van der Waals surface area contributed by atoms with Gasteiger partial charge in [-0.15, -0.1) is 0 Å². The first-order valence-electron chi connectivity index (χ1n) is 8.71. The number of carbonyl (C=O) groups excluding carboxylic acids is 1. The highest BCUT2D eigenvalue weighted by Gasteiger charge is 2.27. The maximum atomic E-state index is 12.7. The minimum Gasteiger partial charge on any atom is -0.480 e. The molecule has 0 saturated heterocycles. The summed E-state index contributed by atoms with van der Waals surface area (Å²) in [4.78, 5) is 12.3. The third-order valence-corrected chi connectivity index (χ3v) is 5.40. The monoisotopic (exact) mass is 426 g/mol. The van der Waals surface area contributed by atoms with E-state index in [1.165, 1.54) is 0 Å². The van der Waals surface area contributed by atoms with Gasteiger partial charge in [0, 0.05) is 11.0 Å². The third-order valence-electron chi connectivity index (χ3n) is 3.78. The average Bonchev–Trinajstić information content (AvgIpc) is 2.70. The van der Waals surface area contributed by atoms with Crippen LogP contribution in [0.3, 0.4) is 0 Å². The molecular weight excluding hydrogens is 403 g/mol. The number of aliphatic hydroxyl groups is 1. The molecule has 2 atom stereocenters. The topological polar surface area (TPSA) is 82.1 Å². The van der Waals surface area contributed by atoms with Gasteiger partial charge in [0.1, 0.15) is 5.75 Å². The fraction of sp³-hybridized carbons (Fsp3) is 0.350. The summed E-state index contributed by atoms with van der Waals surface area (Å²) in [7, 11) is -2.79. The highest BCUT2D eigenvalue weighted by atomic mass is 35.5. The van der Waals surface area contributed by atoms with Crippen LogP contribution in [-0.4, -0.2) is 30.9 Å². The summed E-state index contributed by atoms with van der Waals surface area (Å²) in [5, 5.41) is 9.70. The predicted octanol–water partition coefficient (Wildman–Crippen LogP) is 4.47. The predicted molar refractivity (Wildman–Crippen MR) is 108 cm³/mol. The molecule has 0 radical (unpaired) electrons. The Morgan fingerprint density at radius 3 is 2.43 bits per heavy atom. The molecule has 0 aliphatic carbocycles. The Labute approximate surface area is 170 Å². The highest BCUT2D eigenvalue weighted by Crippen LogP contribution is 2.44. The van der Waals surface area contributed by atoms with Crippen molar-refractivity contribution < 1.29 is 28.5 Å². The van der Waals surface area contributed by atoms with E-state index in [0.29, 0.717) is 16.3 Å². The lowest BCUT2D eigenvalue weighted by atomic mass is 9.97. The maximum Gasteiger partial charge on any atom is 0.345 e. The van der Waals surface area contributed by atoms with Crippen molar-refractivity contribution in [2.75, 3.05) is 19.8 Å². The van der Waals surface area contributed by atoms with Gasteiger partial charge in [-0.1, -0.05) is 67.9 Å². The number of aliphatic hydroxyl groups excluding tert-OH is 1. The Bertz CT molecular complexity index is 796. The zero-order valence-electron chi connectivity index (χ0n) is 15.8. The van der Waals surface area contributed by atoms with Gasteiger partial charge in [0.05, 0.1) is 18.2 Å². The summed E-state index contributed by atoms with van der Waals surface area (Å²) in [6.45, 7) is 3.12. The largest absolute Gasteiger partial charge is 0.480 e. The highest BCUT2D eigenvalue weighted by molar-refractivity contribution is 7.39. The lowest BCUT2D eigenvalue weighted by Crippen LogP contribution is -2.23. The van der Waals surface area contributed by atoms with Crippen molar-refractivity contribution in [3.63, 3.8) is 0 Å². The average molecular weight is 427 g/mol. The molecule has 0 heterocycles. The summed E-state index contributed by atoms with van der Waals surface area (Å²) in [5.41, 5.74) is -0.00191. The van der Waals surface area contributed by atoms with Gasteiger partial charge in [0.2, 0.25) is 8.03 Å². The fourth-order valence-electron chi connectivity index (χ4n) is 2.13. The second kappa shape index (κ2) is 10.6. The van der Waals surface area contributed by atoms with Crippen LogP contribution in [0.2, 0.25) is 5.02 Å². The molecule has 0 spiro atoms. The van der Waals surface area contributed by atoms with Gasteiger partial charge in [-0.25, -0.2) is 4.79 Å². The normalized spacial score (nSPS) is 13.6. The lowest BCUT2D eigenvalue weighted by molar-refractivity contribution is -0.148. The number of ether oxygens (including phenoxy) is 2. The Morgan fingerprint density at radius 2 is 1.79 bits per heavy atom. The first kappa shape index (κ1) is 22.4. The van der Waals surface area contributed by atoms with Gasteiger partial charge in [0.25, 0.3) is 0 Å². The van der Waals surface area contributed by atoms with E-state index >= 15 is 0 Å². The van der Waals surface area contributed by atoms with Crippen LogP contribution in [0.5, 0.6) is 5.75 Å². The van der Waals surface area contributed by atoms with E-state index in [1.807, 2.05) is 0 Å². The Hall–Kier alpha value is -1.85. The molecule has 1 N–H and O–H groups in total. The van der Waals surface area contributed by atoms with Crippen molar-refractivity contribution in [2.24, 2.45) is 5.41 Å². The summed E-state index contributed by atoms with van der Waals surface area (Å²) in [6, 6.07) is 15.5. The van der Waals surface area contributed by atoms with Crippen LogP contribution in [0.25, 0.3) is 0 Å². The number of benzene rings is 2. The molecule has 0 fully saturated rings. The van der Waals surface area contributed by atoms with E-state index in [0.717, 1.165) is 0 Å². The second-order valence-electron chi connectivity index (χ2n) is 6.93. The van der Waals surface area contributed by atoms with Crippen LogP contribution >= 0.6 is 19.6 Å². The summed E-state index contributed by atoms with van der Waals surface area (Å²) < 4.78 is 28.9. The number of esters is 1. The summed E-state index contributed by atoms with van der Waals surface area (Å²) >= 11 is 5.99. The molecule has 0 bridgehead atoms. The molecule has 0 saturated carbocycles. The number of carbonyl (C=O) groups is 1. The Morgan fingerprint density at radius 1 is 1.14 bits per heavy atom. The zero-order valence-corrected chi connectivity index (χ0v) is 17.5. The fourth-order valence-corrected chi connectivity index (χ4v) is 3.70. The number of halogens is 1. The van der Waals surface area contributed by atoms with Gasteiger partial charge in [-0.2, -0.15) is 0 Å². The van der Waals surface area contributed by atoms with E-state index < -0.39 is 25.3 Å². The third kappa shape index (κ3) is 6.95. The maximum absolute atomic E-state index is 12.7. The van der Waals surface area contributed by atoms with E-state index in [-0.39, 0.29) is 19.8 Å². The molecular formula is C20H24ClO6P. The van der Waals surface area contributed by atoms with Gasteiger partial charge in [0.15, 0.2) is 12.5 Å². The summed E-state index contributed by atoms with van der Waals surface area (Å²) in [6.07, 6.45) is 0. The Balaban J connectivity index is 2.04. The quantitative estimate of drug-likeness (QED) is 0.446. The van der Waals surface area contributed by atoms with Crippen molar-refractivity contribution in [1.82, 2.24) is 0 Å². The molecule has 0 aromatic heterocycles. The van der Waals surface area contributed by atoms with Crippen LogP contribution in [0, 0.1) is 5.41 Å². The number of hydrogen-bond donors (Lipinski definition) is 1. The van der Waals surface area contributed by atoms with Gasteiger partial charge in [-0.3, -0.25) is 4.57 Å². The van der Waals surface area contributed by atoms with Crippen molar-refractivity contribution >= 4 is 25.6 Å². The van der Waals surface area contributed by atoms with Gasteiger partial charge in [-0.05, 0) is 12.1 Å². The van der Waals surface area contributed by atoms with E-state index in [4.69, 9.17) is 25.6 Å². The number of hydrogen-bond acceptors (Lipinski definition) is 6. The van der Waals surface area contributed by atoms with E-state index in [1.54, 1.807) is 68.4 Å². The molecule has 152 valence electrons.